The van der Waals surface area contributed by atoms with Crippen molar-refractivity contribution < 1.29 is 4.79 Å². The molecule has 174 valence electrons. The fourth-order valence-electron chi connectivity index (χ4n) is 4.72. The van der Waals surface area contributed by atoms with Gasteiger partial charge in [-0.3, -0.25) is 4.79 Å². The van der Waals surface area contributed by atoms with Crippen LogP contribution in [0.25, 0.3) is 0 Å². The van der Waals surface area contributed by atoms with E-state index in [-0.39, 0.29) is 23.3 Å². The molecular formula is C25H34Cl2N4O. The van der Waals surface area contributed by atoms with Crippen LogP contribution in [0.1, 0.15) is 50.7 Å². The summed E-state index contributed by atoms with van der Waals surface area (Å²) < 4.78 is 0. The molecule has 0 unspecified atom stereocenters. The van der Waals surface area contributed by atoms with Crippen LogP contribution in [0.4, 0.5) is 0 Å². The molecule has 0 radical (unpaired) electrons. The van der Waals surface area contributed by atoms with Gasteiger partial charge < -0.3 is 22.1 Å². The molecule has 1 heterocycles. The summed E-state index contributed by atoms with van der Waals surface area (Å²) in [6.45, 7) is 7.59. The van der Waals surface area contributed by atoms with E-state index >= 15 is 0 Å². The van der Waals surface area contributed by atoms with Crippen LogP contribution in [-0.2, 0) is 10.3 Å². The number of nitrogens with two attached hydrogens (primary N) is 2. The zero-order chi connectivity index (χ0) is 23.5. The Morgan fingerprint density at radius 2 is 1.81 bits per heavy atom. The molecule has 0 aromatic heterocycles. The van der Waals surface area contributed by atoms with Crippen molar-refractivity contribution in [3.63, 3.8) is 0 Å². The van der Waals surface area contributed by atoms with E-state index < -0.39 is 11.6 Å². The fraction of sp³-hybridized carbons (Fsp3) is 0.480. The number of carbonyl (C=O) groups excluding carboxylic acids is 1. The SMILES string of the molecule is CC(C)(C)C[C@@H]1N[C@@H](C(=O)NCCCN)[C@H](c2cccc(Cl)c2)[C@@]1(N)c1ccc(Cl)cc1. The number of benzene rings is 2. The number of carbonyl (C=O) groups is 1. The summed E-state index contributed by atoms with van der Waals surface area (Å²) in [5.74, 6) is -0.406. The van der Waals surface area contributed by atoms with Crippen molar-refractivity contribution in [3.05, 3.63) is 69.7 Å². The third-order valence-corrected chi connectivity index (χ3v) is 6.62. The topological polar surface area (TPSA) is 93.2 Å². The average Bonchev–Trinajstić information content (AvgIpc) is 3.00. The predicted octanol–water partition coefficient (Wildman–Crippen LogP) is 4.17. The van der Waals surface area contributed by atoms with Crippen LogP contribution in [0.3, 0.4) is 0 Å². The van der Waals surface area contributed by atoms with Crippen LogP contribution >= 0.6 is 23.2 Å². The molecule has 0 saturated carbocycles. The minimum Gasteiger partial charge on any atom is -0.355 e. The van der Waals surface area contributed by atoms with Gasteiger partial charge in [-0.25, -0.2) is 0 Å². The first kappa shape index (κ1) is 25.0. The van der Waals surface area contributed by atoms with E-state index in [0.29, 0.717) is 23.1 Å². The van der Waals surface area contributed by atoms with Crippen molar-refractivity contribution in [1.29, 1.82) is 0 Å². The summed E-state index contributed by atoms with van der Waals surface area (Å²) in [7, 11) is 0. The Balaban J connectivity index is 2.13. The van der Waals surface area contributed by atoms with E-state index in [0.717, 1.165) is 24.0 Å². The average molecular weight is 477 g/mol. The monoisotopic (exact) mass is 476 g/mol. The lowest BCUT2D eigenvalue weighted by Gasteiger charge is -2.39. The molecule has 1 saturated heterocycles. The van der Waals surface area contributed by atoms with Gasteiger partial charge >= 0.3 is 0 Å². The molecule has 6 N–H and O–H groups in total. The lowest BCUT2D eigenvalue weighted by atomic mass is 9.68. The lowest BCUT2D eigenvalue weighted by molar-refractivity contribution is -0.123. The number of nitrogens with one attached hydrogen (secondary N) is 2. The summed E-state index contributed by atoms with van der Waals surface area (Å²) in [5, 5.41) is 7.89. The molecule has 4 atom stereocenters. The Morgan fingerprint density at radius 1 is 1.12 bits per heavy atom. The maximum absolute atomic E-state index is 13.3. The largest absolute Gasteiger partial charge is 0.355 e. The van der Waals surface area contributed by atoms with Crippen LogP contribution in [0.2, 0.25) is 10.0 Å². The Morgan fingerprint density at radius 3 is 2.41 bits per heavy atom. The Labute approximate surface area is 201 Å². The molecule has 7 heteroatoms. The van der Waals surface area contributed by atoms with Gasteiger partial charge in [-0.05, 0) is 60.2 Å². The van der Waals surface area contributed by atoms with Crippen molar-refractivity contribution in [3.8, 4) is 0 Å². The molecule has 0 spiro atoms. The third-order valence-electron chi connectivity index (χ3n) is 6.14. The van der Waals surface area contributed by atoms with Gasteiger partial charge in [0.2, 0.25) is 5.91 Å². The first-order chi connectivity index (χ1) is 15.1. The number of halogens is 2. The van der Waals surface area contributed by atoms with Crippen molar-refractivity contribution in [2.24, 2.45) is 16.9 Å². The van der Waals surface area contributed by atoms with Crippen LogP contribution in [0.15, 0.2) is 48.5 Å². The second-order valence-electron chi connectivity index (χ2n) is 9.87. The predicted molar refractivity (Wildman–Crippen MR) is 133 cm³/mol. The van der Waals surface area contributed by atoms with E-state index in [2.05, 4.69) is 31.4 Å². The zero-order valence-electron chi connectivity index (χ0n) is 19.0. The Hall–Kier alpha value is -1.63. The highest BCUT2D eigenvalue weighted by molar-refractivity contribution is 6.30. The molecule has 3 rings (SSSR count). The number of rotatable bonds is 7. The van der Waals surface area contributed by atoms with Gasteiger partial charge in [-0.2, -0.15) is 0 Å². The van der Waals surface area contributed by atoms with Gasteiger partial charge in [-0.15, -0.1) is 0 Å². The van der Waals surface area contributed by atoms with Crippen molar-refractivity contribution in [1.82, 2.24) is 10.6 Å². The molecule has 0 bridgehead atoms. The van der Waals surface area contributed by atoms with Crippen LogP contribution in [-0.4, -0.2) is 31.1 Å². The Bertz CT molecular complexity index is 928. The van der Waals surface area contributed by atoms with E-state index in [9.17, 15) is 4.79 Å². The second kappa shape index (κ2) is 10.1. The van der Waals surface area contributed by atoms with Crippen molar-refractivity contribution in [2.75, 3.05) is 13.1 Å². The highest BCUT2D eigenvalue weighted by atomic mass is 35.5. The first-order valence-electron chi connectivity index (χ1n) is 11.1. The van der Waals surface area contributed by atoms with Gasteiger partial charge in [0, 0.05) is 28.5 Å². The maximum atomic E-state index is 13.3. The molecular weight excluding hydrogens is 443 g/mol. The number of amides is 1. The van der Waals surface area contributed by atoms with E-state index in [1.54, 1.807) is 0 Å². The standard InChI is InChI=1S/C25H34Cl2N4O/c1-24(2,3)15-20-25(29,17-8-10-18(26)11-9-17)21(16-6-4-7-19(27)14-16)22(31-20)23(32)30-13-5-12-28/h4,6-11,14,20-22,31H,5,12-13,15,28-29H2,1-3H3,(H,30,32)/t20-,21-,22+,25+/m0/s1. The van der Waals surface area contributed by atoms with E-state index in [4.69, 9.17) is 34.7 Å². The molecule has 0 aliphatic carbocycles. The quantitative estimate of drug-likeness (QED) is 0.451. The van der Waals surface area contributed by atoms with Crippen molar-refractivity contribution >= 4 is 29.1 Å². The minimum absolute atomic E-state index is 0.00148. The normalized spacial score (nSPS) is 25.7. The molecule has 5 nitrogen and oxygen atoms in total. The second-order valence-corrected chi connectivity index (χ2v) is 10.7. The van der Waals surface area contributed by atoms with E-state index in [1.807, 2.05) is 48.5 Å². The zero-order valence-corrected chi connectivity index (χ0v) is 20.5. The number of hydrogen-bond acceptors (Lipinski definition) is 4. The van der Waals surface area contributed by atoms with Gasteiger partial charge in [0.15, 0.2) is 0 Å². The molecule has 1 amide bonds. The van der Waals surface area contributed by atoms with Crippen LogP contribution < -0.4 is 22.1 Å². The van der Waals surface area contributed by atoms with Gasteiger partial charge in [0.25, 0.3) is 0 Å². The summed E-state index contributed by atoms with van der Waals surface area (Å²) in [6, 6.07) is 14.6. The van der Waals surface area contributed by atoms with Gasteiger partial charge in [0.05, 0.1) is 11.6 Å². The van der Waals surface area contributed by atoms with Gasteiger partial charge in [0.1, 0.15) is 0 Å². The molecule has 2 aromatic rings. The van der Waals surface area contributed by atoms with Gasteiger partial charge in [-0.1, -0.05) is 68.2 Å². The molecule has 1 fully saturated rings. The number of hydrogen-bond donors (Lipinski definition) is 4. The van der Waals surface area contributed by atoms with Crippen LogP contribution in [0, 0.1) is 5.41 Å². The smallest absolute Gasteiger partial charge is 0.237 e. The third kappa shape index (κ3) is 5.46. The summed E-state index contributed by atoms with van der Waals surface area (Å²) >= 11 is 12.5. The fourth-order valence-corrected chi connectivity index (χ4v) is 5.05. The maximum Gasteiger partial charge on any atom is 0.237 e. The molecule has 32 heavy (non-hydrogen) atoms. The highest BCUT2D eigenvalue weighted by Gasteiger charge is 2.56. The van der Waals surface area contributed by atoms with Crippen molar-refractivity contribution in [2.45, 2.75) is 57.2 Å². The molecule has 1 aliphatic heterocycles. The minimum atomic E-state index is -0.849. The highest BCUT2D eigenvalue weighted by Crippen LogP contribution is 2.48. The summed E-state index contributed by atoms with van der Waals surface area (Å²) in [4.78, 5) is 13.3. The first-order valence-corrected chi connectivity index (χ1v) is 11.9. The summed E-state index contributed by atoms with van der Waals surface area (Å²) in [6.07, 6.45) is 1.51. The summed E-state index contributed by atoms with van der Waals surface area (Å²) in [5.41, 5.74) is 14.0. The van der Waals surface area contributed by atoms with E-state index in [1.165, 1.54) is 0 Å². The molecule has 2 aromatic carbocycles. The van der Waals surface area contributed by atoms with Crippen LogP contribution in [0.5, 0.6) is 0 Å². The lowest BCUT2D eigenvalue weighted by Crippen LogP contribution is -2.51. The Kier molecular flexibility index (Phi) is 7.89. The molecule has 1 aliphatic rings.